The second-order valence-electron chi connectivity index (χ2n) is 9.73. The van der Waals surface area contributed by atoms with Gasteiger partial charge in [-0.25, -0.2) is 0 Å². The highest BCUT2D eigenvalue weighted by atomic mass is 16.6. The van der Waals surface area contributed by atoms with Gasteiger partial charge in [-0.15, -0.1) is 0 Å². The summed E-state index contributed by atoms with van der Waals surface area (Å²) in [7, 11) is 0. The predicted molar refractivity (Wildman–Crippen MR) is 120 cm³/mol. The lowest BCUT2D eigenvalue weighted by molar-refractivity contribution is -0.109. The quantitative estimate of drug-likeness (QED) is 0.588. The van der Waals surface area contributed by atoms with Gasteiger partial charge < -0.3 is 9.47 Å². The van der Waals surface area contributed by atoms with E-state index < -0.39 is 0 Å². The Labute approximate surface area is 181 Å². The van der Waals surface area contributed by atoms with E-state index in [2.05, 4.69) is 30.3 Å². The van der Waals surface area contributed by atoms with Crippen LogP contribution in [-0.2, 0) is 34.2 Å². The third-order valence-corrected chi connectivity index (χ3v) is 7.77. The van der Waals surface area contributed by atoms with E-state index in [0.29, 0.717) is 0 Å². The van der Waals surface area contributed by atoms with Gasteiger partial charge in [-0.05, 0) is 86.6 Å². The average molecular weight is 406 g/mol. The number of fused-ring (bicyclic) bond motifs is 1. The molecule has 0 unspecified atom stereocenters. The molecule has 30 heavy (non-hydrogen) atoms. The molecule has 2 saturated heterocycles. The predicted octanol–water partition coefficient (Wildman–Crippen LogP) is 5.58. The van der Waals surface area contributed by atoms with Gasteiger partial charge in [0.25, 0.3) is 0 Å². The summed E-state index contributed by atoms with van der Waals surface area (Å²) >= 11 is 0. The Kier molecular flexibility index (Phi) is 5.93. The molecule has 0 radical (unpaired) electrons. The largest absolute Gasteiger partial charge is 0.378 e. The lowest BCUT2D eigenvalue weighted by atomic mass is 9.67. The number of ether oxygens (including phenoxy) is 2. The van der Waals surface area contributed by atoms with Crippen LogP contribution in [0.5, 0.6) is 0 Å². The molecule has 160 valence electrons. The Morgan fingerprint density at radius 2 is 1.90 bits per heavy atom. The van der Waals surface area contributed by atoms with Crippen molar-refractivity contribution in [2.24, 2.45) is 0 Å². The van der Waals surface area contributed by atoms with Crippen molar-refractivity contribution in [3.8, 4) is 0 Å². The SMILES string of the molecule is c1ccc([C@]2(CCCCc3cccc4c3CCCC4)CCO[C@]3(CCOC3)C2)nc1. The summed E-state index contributed by atoms with van der Waals surface area (Å²) in [5.41, 5.74) is 6.17. The zero-order chi connectivity index (χ0) is 20.3. The van der Waals surface area contributed by atoms with Crippen molar-refractivity contribution in [2.45, 2.75) is 81.6 Å². The highest BCUT2D eigenvalue weighted by molar-refractivity contribution is 5.37. The number of hydrogen-bond acceptors (Lipinski definition) is 3. The van der Waals surface area contributed by atoms with Crippen molar-refractivity contribution >= 4 is 0 Å². The molecule has 3 heteroatoms. The molecule has 3 nitrogen and oxygen atoms in total. The van der Waals surface area contributed by atoms with Gasteiger partial charge >= 0.3 is 0 Å². The van der Waals surface area contributed by atoms with Crippen LogP contribution < -0.4 is 0 Å². The molecule has 2 aliphatic heterocycles. The number of aryl methyl sites for hydroxylation is 2. The van der Waals surface area contributed by atoms with Gasteiger partial charge in [0.2, 0.25) is 0 Å². The highest BCUT2D eigenvalue weighted by Gasteiger charge is 2.49. The first-order chi connectivity index (χ1) is 14.8. The summed E-state index contributed by atoms with van der Waals surface area (Å²) in [4.78, 5) is 4.83. The standard InChI is InChI=1S/C27H35NO2/c1-2-12-24-22(8-1)10-7-11-23(24)9-3-5-14-26(25-13-4-6-17-28-25)15-19-30-27(20-26)16-18-29-21-27/h4,6-7,10-11,13,17H,1-3,5,8-9,12,14-16,18-21H2/t26-,27-/m1/s1. The monoisotopic (exact) mass is 405 g/mol. The van der Waals surface area contributed by atoms with E-state index >= 15 is 0 Å². The topological polar surface area (TPSA) is 31.4 Å². The first kappa shape index (κ1) is 20.2. The van der Waals surface area contributed by atoms with Gasteiger partial charge in [0, 0.05) is 36.9 Å². The van der Waals surface area contributed by atoms with Gasteiger partial charge in [-0.3, -0.25) is 4.98 Å². The lowest BCUT2D eigenvalue weighted by Crippen LogP contribution is -2.48. The third kappa shape index (κ3) is 4.07. The van der Waals surface area contributed by atoms with Gasteiger partial charge in [-0.2, -0.15) is 0 Å². The molecule has 0 amide bonds. The smallest absolute Gasteiger partial charge is 0.0945 e. The molecular weight excluding hydrogens is 370 g/mol. The van der Waals surface area contributed by atoms with E-state index in [1.54, 1.807) is 16.7 Å². The molecule has 0 N–H and O–H groups in total. The maximum Gasteiger partial charge on any atom is 0.0945 e. The number of unbranched alkanes of at least 4 members (excludes halogenated alkanes) is 1. The second-order valence-corrected chi connectivity index (χ2v) is 9.73. The molecule has 3 aliphatic rings. The van der Waals surface area contributed by atoms with Crippen molar-refractivity contribution in [2.75, 3.05) is 19.8 Å². The lowest BCUT2D eigenvalue weighted by Gasteiger charge is -2.45. The molecule has 5 rings (SSSR count). The molecule has 2 aromatic rings. The van der Waals surface area contributed by atoms with Gasteiger partial charge in [0.1, 0.15) is 0 Å². The number of rotatable bonds is 6. The van der Waals surface area contributed by atoms with Gasteiger partial charge in [0.15, 0.2) is 0 Å². The number of aromatic nitrogens is 1. The van der Waals surface area contributed by atoms with Crippen molar-refractivity contribution in [3.05, 3.63) is 65.0 Å². The molecule has 0 bridgehead atoms. The summed E-state index contributed by atoms with van der Waals surface area (Å²) < 4.78 is 12.0. The van der Waals surface area contributed by atoms with E-state index in [-0.39, 0.29) is 11.0 Å². The second kappa shape index (κ2) is 8.80. The number of nitrogens with zero attached hydrogens (tertiary/aromatic N) is 1. The summed E-state index contributed by atoms with van der Waals surface area (Å²) in [6.07, 6.45) is 15.3. The maximum absolute atomic E-state index is 6.29. The van der Waals surface area contributed by atoms with E-state index in [1.807, 2.05) is 12.3 Å². The number of benzene rings is 1. The molecule has 1 aromatic heterocycles. The fraction of sp³-hybridized carbons (Fsp3) is 0.593. The fourth-order valence-electron chi connectivity index (χ4n) is 6.17. The van der Waals surface area contributed by atoms with Gasteiger partial charge in [-0.1, -0.05) is 30.7 Å². The molecule has 1 aliphatic carbocycles. The Morgan fingerprint density at radius 1 is 0.933 bits per heavy atom. The molecule has 1 aromatic carbocycles. The summed E-state index contributed by atoms with van der Waals surface area (Å²) in [6, 6.07) is 13.4. The maximum atomic E-state index is 6.29. The molecular formula is C27H35NO2. The minimum Gasteiger partial charge on any atom is -0.378 e. The minimum atomic E-state index is -0.0890. The van der Waals surface area contributed by atoms with Crippen LogP contribution in [0.2, 0.25) is 0 Å². The van der Waals surface area contributed by atoms with Crippen LogP contribution in [0, 0.1) is 0 Å². The van der Waals surface area contributed by atoms with Crippen LogP contribution in [0.3, 0.4) is 0 Å². The van der Waals surface area contributed by atoms with Crippen LogP contribution >= 0.6 is 0 Å². The summed E-state index contributed by atoms with van der Waals surface area (Å²) in [5.74, 6) is 0. The molecule has 3 heterocycles. The van der Waals surface area contributed by atoms with Gasteiger partial charge in [0.05, 0.1) is 12.2 Å². The average Bonchev–Trinajstić information content (AvgIpc) is 3.24. The first-order valence-electron chi connectivity index (χ1n) is 12.0. The van der Waals surface area contributed by atoms with Crippen molar-refractivity contribution in [1.29, 1.82) is 0 Å². The Morgan fingerprint density at radius 3 is 2.77 bits per heavy atom. The summed E-state index contributed by atoms with van der Waals surface area (Å²) in [5, 5.41) is 0. The van der Waals surface area contributed by atoms with Crippen LogP contribution in [-0.4, -0.2) is 30.4 Å². The van der Waals surface area contributed by atoms with E-state index in [4.69, 9.17) is 14.5 Å². The van der Waals surface area contributed by atoms with Crippen LogP contribution in [0.4, 0.5) is 0 Å². The third-order valence-electron chi connectivity index (χ3n) is 7.77. The Hall–Kier alpha value is -1.71. The van der Waals surface area contributed by atoms with E-state index in [9.17, 15) is 0 Å². The zero-order valence-electron chi connectivity index (χ0n) is 18.2. The fourth-order valence-corrected chi connectivity index (χ4v) is 6.17. The normalized spacial score (nSPS) is 28.5. The first-order valence-corrected chi connectivity index (χ1v) is 12.0. The van der Waals surface area contributed by atoms with Crippen LogP contribution in [0.25, 0.3) is 0 Å². The molecule has 2 atom stereocenters. The van der Waals surface area contributed by atoms with Crippen molar-refractivity contribution < 1.29 is 9.47 Å². The van der Waals surface area contributed by atoms with E-state index in [1.165, 1.54) is 57.1 Å². The summed E-state index contributed by atoms with van der Waals surface area (Å²) in [6.45, 7) is 2.40. The Bertz CT molecular complexity index is 843. The van der Waals surface area contributed by atoms with Crippen molar-refractivity contribution in [3.63, 3.8) is 0 Å². The van der Waals surface area contributed by atoms with Crippen LogP contribution in [0.15, 0.2) is 42.6 Å². The van der Waals surface area contributed by atoms with E-state index in [0.717, 1.165) is 39.1 Å². The Balaban J connectivity index is 1.28. The molecule has 0 saturated carbocycles. The molecule has 2 fully saturated rings. The van der Waals surface area contributed by atoms with Crippen LogP contribution in [0.1, 0.15) is 73.8 Å². The molecule has 1 spiro atoms. The number of hydrogen-bond donors (Lipinski definition) is 0. The zero-order valence-corrected chi connectivity index (χ0v) is 18.2. The van der Waals surface area contributed by atoms with Crippen molar-refractivity contribution in [1.82, 2.24) is 4.98 Å². The number of pyridine rings is 1. The highest BCUT2D eigenvalue weighted by Crippen LogP contribution is 2.47. The minimum absolute atomic E-state index is 0.0890.